The summed E-state index contributed by atoms with van der Waals surface area (Å²) in [5.41, 5.74) is 1.13. The first kappa shape index (κ1) is 16.8. The van der Waals surface area contributed by atoms with E-state index >= 15 is 0 Å². The Balaban J connectivity index is 2.16. The minimum atomic E-state index is -3.49. The largest absolute Gasteiger partial charge is 0.240 e. The number of alkyl halides is 1. The Kier molecular flexibility index (Phi) is 5.01. The molecule has 0 saturated heterocycles. The topological polar surface area (TPSA) is 46.2 Å². The lowest BCUT2D eigenvalue weighted by molar-refractivity contribution is 0.418. The van der Waals surface area contributed by atoms with E-state index in [0.29, 0.717) is 4.90 Å². The van der Waals surface area contributed by atoms with Crippen LogP contribution in [-0.4, -0.2) is 19.8 Å². The van der Waals surface area contributed by atoms with Crippen molar-refractivity contribution < 1.29 is 8.42 Å². The van der Waals surface area contributed by atoms with Crippen molar-refractivity contribution in [3.63, 3.8) is 0 Å². The third kappa shape index (κ3) is 4.21. The third-order valence-corrected chi connectivity index (χ3v) is 6.05. The van der Waals surface area contributed by atoms with E-state index in [1.54, 1.807) is 12.1 Å². The zero-order valence-electron chi connectivity index (χ0n) is 12.9. The molecule has 0 radical (unpaired) electrons. The second kappa shape index (κ2) is 6.27. The van der Waals surface area contributed by atoms with Gasteiger partial charge in [-0.25, -0.2) is 13.1 Å². The molecule has 0 aromatic heterocycles. The molecule has 118 valence electrons. The van der Waals surface area contributed by atoms with E-state index in [4.69, 9.17) is 11.6 Å². The Bertz CT molecular complexity index is 575. The van der Waals surface area contributed by atoms with Gasteiger partial charge in [0.1, 0.15) is 0 Å². The second-order valence-corrected chi connectivity index (χ2v) is 9.08. The van der Waals surface area contributed by atoms with Gasteiger partial charge in [-0.3, -0.25) is 0 Å². The number of halogens is 1. The zero-order chi connectivity index (χ0) is 15.7. The molecule has 0 heterocycles. The fourth-order valence-electron chi connectivity index (χ4n) is 2.62. The fraction of sp³-hybridized carbons (Fsp3) is 0.625. The molecular formula is C16H24ClNO2S. The molecule has 1 aromatic rings. The van der Waals surface area contributed by atoms with Gasteiger partial charge in [0.05, 0.1) is 4.90 Å². The number of hydrogen-bond acceptors (Lipinski definition) is 2. The molecule has 21 heavy (non-hydrogen) atoms. The van der Waals surface area contributed by atoms with E-state index in [2.05, 4.69) is 25.5 Å². The normalized spacial score (nSPS) is 24.0. The van der Waals surface area contributed by atoms with Crippen LogP contribution in [0.5, 0.6) is 0 Å². The summed E-state index contributed by atoms with van der Waals surface area (Å²) in [5, 5.41) is -0.109. The van der Waals surface area contributed by atoms with Crippen molar-refractivity contribution in [2.75, 3.05) is 0 Å². The van der Waals surface area contributed by atoms with Crippen molar-refractivity contribution in [1.29, 1.82) is 0 Å². The van der Waals surface area contributed by atoms with Crippen molar-refractivity contribution in [1.82, 2.24) is 4.72 Å². The maximum absolute atomic E-state index is 12.4. The molecule has 0 spiro atoms. The van der Waals surface area contributed by atoms with Crippen LogP contribution in [0.4, 0.5) is 0 Å². The van der Waals surface area contributed by atoms with Crippen LogP contribution >= 0.6 is 11.6 Å². The lowest BCUT2D eigenvalue weighted by Gasteiger charge is -2.27. The van der Waals surface area contributed by atoms with Crippen LogP contribution in [0.2, 0.25) is 0 Å². The van der Waals surface area contributed by atoms with Crippen LogP contribution in [0.15, 0.2) is 29.2 Å². The van der Waals surface area contributed by atoms with E-state index in [1.807, 2.05) is 12.1 Å². The smallest absolute Gasteiger partial charge is 0.207 e. The van der Waals surface area contributed by atoms with Crippen LogP contribution in [0.1, 0.15) is 52.0 Å². The maximum Gasteiger partial charge on any atom is 0.240 e. The highest BCUT2D eigenvalue weighted by atomic mass is 35.5. The first-order valence-corrected chi connectivity index (χ1v) is 9.39. The van der Waals surface area contributed by atoms with Gasteiger partial charge in [0.15, 0.2) is 0 Å². The average Bonchev–Trinajstić information content (AvgIpc) is 2.40. The Morgan fingerprint density at radius 1 is 1.10 bits per heavy atom. The minimum Gasteiger partial charge on any atom is -0.207 e. The first-order valence-electron chi connectivity index (χ1n) is 7.47. The van der Waals surface area contributed by atoms with Gasteiger partial charge in [0, 0.05) is 11.4 Å². The van der Waals surface area contributed by atoms with Crippen molar-refractivity contribution >= 4 is 21.6 Å². The lowest BCUT2D eigenvalue weighted by Crippen LogP contribution is -2.42. The third-order valence-electron chi connectivity index (χ3n) is 4.02. The van der Waals surface area contributed by atoms with Gasteiger partial charge in [-0.15, -0.1) is 11.6 Å². The van der Waals surface area contributed by atoms with Gasteiger partial charge in [-0.1, -0.05) is 45.7 Å². The highest BCUT2D eigenvalue weighted by Crippen LogP contribution is 2.26. The Labute approximate surface area is 133 Å². The number of sulfonamides is 1. The lowest BCUT2D eigenvalue weighted by atomic mass is 9.87. The molecule has 1 N–H and O–H groups in total. The van der Waals surface area contributed by atoms with Crippen molar-refractivity contribution in [3.8, 4) is 0 Å². The van der Waals surface area contributed by atoms with Gasteiger partial charge in [0.25, 0.3) is 0 Å². The van der Waals surface area contributed by atoms with Crippen LogP contribution in [0, 0.1) is 0 Å². The summed E-state index contributed by atoms with van der Waals surface area (Å²) < 4.78 is 27.6. The molecule has 2 rings (SSSR count). The van der Waals surface area contributed by atoms with Crippen molar-refractivity contribution in [2.24, 2.45) is 0 Å². The molecule has 0 amide bonds. The molecule has 0 aliphatic heterocycles. The quantitative estimate of drug-likeness (QED) is 0.857. The Morgan fingerprint density at radius 2 is 1.67 bits per heavy atom. The molecule has 1 aliphatic carbocycles. The summed E-state index contributed by atoms with van der Waals surface area (Å²) in [6, 6.07) is 6.96. The summed E-state index contributed by atoms with van der Waals surface area (Å²) >= 11 is 6.23. The van der Waals surface area contributed by atoms with Gasteiger partial charge in [-0.05, 0) is 36.0 Å². The van der Waals surface area contributed by atoms with E-state index < -0.39 is 10.0 Å². The molecule has 1 aromatic carbocycles. The summed E-state index contributed by atoms with van der Waals surface area (Å²) in [6.45, 7) is 6.32. The molecular weight excluding hydrogens is 306 g/mol. The Morgan fingerprint density at radius 3 is 2.19 bits per heavy atom. The molecule has 3 nitrogen and oxygen atoms in total. The predicted octanol–water partition coefficient (Wildman–Crippen LogP) is 3.81. The highest BCUT2D eigenvalue weighted by molar-refractivity contribution is 7.89. The van der Waals surface area contributed by atoms with Crippen molar-refractivity contribution in [3.05, 3.63) is 29.8 Å². The molecule has 5 heteroatoms. The molecule has 2 atom stereocenters. The molecule has 1 saturated carbocycles. The van der Waals surface area contributed by atoms with Gasteiger partial charge >= 0.3 is 0 Å². The predicted molar refractivity (Wildman–Crippen MR) is 87.4 cm³/mol. The zero-order valence-corrected chi connectivity index (χ0v) is 14.5. The summed E-state index contributed by atoms with van der Waals surface area (Å²) in [6.07, 6.45) is 3.79. The van der Waals surface area contributed by atoms with Crippen LogP contribution in [0.25, 0.3) is 0 Å². The molecule has 0 bridgehead atoms. The number of benzene rings is 1. The molecule has 0 unspecified atom stereocenters. The standard InChI is InChI=1S/C16H24ClNO2S/c1-16(2,3)12-8-10-13(11-9-12)21(19,20)18-15-7-5-4-6-14(15)17/h8-11,14-15,18H,4-7H2,1-3H3/t14-,15-/m1/s1. The number of hydrogen-bond donors (Lipinski definition) is 1. The number of nitrogens with one attached hydrogen (secondary N) is 1. The summed E-state index contributed by atoms with van der Waals surface area (Å²) in [7, 11) is -3.49. The van der Waals surface area contributed by atoms with E-state index in [9.17, 15) is 8.42 Å². The Hall–Kier alpha value is -0.580. The second-order valence-electron chi connectivity index (χ2n) is 6.80. The van der Waals surface area contributed by atoms with Gasteiger partial charge in [-0.2, -0.15) is 0 Å². The van der Waals surface area contributed by atoms with Crippen molar-refractivity contribution in [2.45, 2.75) is 68.2 Å². The number of rotatable bonds is 3. The van der Waals surface area contributed by atoms with E-state index in [-0.39, 0.29) is 16.8 Å². The van der Waals surface area contributed by atoms with Crippen LogP contribution in [0.3, 0.4) is 0 Å². The first-order chi connectivity index (χ1) is 9.70. The van der Waals surface area contributed by atoms with E-state index in [0.717, 1.165) is 31.2 Å². The molecule has 1 aliphatic rings. The van der Waals surface area contributed by atoms with Gasteiger partial charge in [0.2, 0.25) is 10.0 Å². The SMILES string of the molecule is CC(C)(C)c1ccc(S(=O)(=O)N[C@@H]2CCCC[C@H]2Cl)cc1. The molecule has 1 fully saturated rings. The summed E-state index contributed by atoms with van der Waals surface area (Å²) in [5.74, 6) is 0. The summed E-state index contributed by atoms with van der Waals surface area (Å²) in [4.78, 5) is 0.310. The highest BCUT2D eigenvalue weighted by Gasteiger charge is 2.28. The van der Waals surface area contributed by atoms with Gasteiger partial charge < -0.3 is 0 Å². The fourth-order valence-corrected chi connectivity index (χ4v) is 4.35. The monoisotopic (exact) mass is 329 g/mol. The maximum atomic E-state index is 12.4. The minimum absolute atomic E-state index is 0.0142. The average molecular weight is 330 g/mol. The van der Waals surface area contributed by atoms with Crippen LogP contribution in [-0.2, 0) is 15.4 Å². The van der Waals surface area contributed by atoms with Crippen LogP contribution < -0.4 is 4.72 Å². The van der Waals surface area contributed by atoms with E-state index in [1.165, 1.54) is 0 Å².